The van der Waals surface area contributed by atoms with Gasteiger partial charge in [0.1, 0.15) is 6.54 Å². The average Bonchev–Trinajstić information content (AvgIpc) is 3.26. The molecule has 27 heavy (non-hydrogen) atoms. The first kappa shape index (κ1) is 16.6. The van der Waals surface area contributed by atoms with Crippen LogP contribution in [0.3, 0.4) is 0 Å². The van der Waals surface area contributed by atoms with Crippen LogP contribution in [0, 0.1) is 10.1 Å². The summed E-state index contributed by atoms with van der Waals surface area (Å²) in [4.78, 5) is 24.3. The molecule has 2 heterocycles. The fraction of sp³-hybridized carbons (Fsp3) is 0.105. The highest BCUT2D eigenvalue weighted by Gasteiger charge is 2.24. The number of hydrogen-bond donors (Lipinski definition) is 0. The number of para-hydroxylation sites is 1. The highest BCUT2D eigenvalue weighted by atomic mass is 16.6. The van der Waals surface area contributed by atoms with Crippen molar-refractivity contribution in [2.24, 2.45) is 7.05 Å². The van der Waals surface area contributed by atoms with Gasteiger partial charge in [0.25, 0.3) is 0 Å². The van der Waals surface area contributed by atoms with Crippen LogP contribution in [0.1, 0.15) is 10.4 Å². The zero-order valence-corrected chi connectivity index (χ0v) is 14.4. The number of carbonyl (C=O) groups excluding carboxylic acids is 1. The zero-order valence-electron chi connectivity index (χ0n) is 14.4. The van der Waals surface area contributed by atoms with Crippen LogP contribution in [0.2, 0.25) is 0 Å². The van der Waals surface area contributed by atoms with Gasteiger partial charge in [-0.2, -0.15) is 0 Å². The molecule has 0 amide bonds. The Hall–Kier alpha value is -3.81. The average molecular weight is 361 g/mol. The van der Waals surface area contributed by atoms with E-state index in [1.54, 1.807) is 0 Å². The minimum atomic E-state index is -0.638. The number of nitrogens with zero attached hydrogens (tertiary/aromatic N) is 5. The summed E-state index contributed by atoms with van der Waals surface area (Å²) >= 11 is 0. The molecule has 0 atom stereocenters. The second-order valence-corrected chi connectivity index (χ2v) is 6.08. The van der Waals surface area contributed by atoms with Crippen LogP contribution in [0.5, 0.6) is 0 Å². The Bertz CT molecular complexity index is 1160. The molecule has 0 aliphatic heterocycles. The van der Waals surface area contributed by atoms with E-state index < -0.39 is 4.92 Å². The fourth-order valence-electron chi connectivity index (χ4n) is 3.27. The molecule has 0 bridgehead atoms. The van der Waals surface area contributed by atoms with Gasteiger partial charge in [0.2, 0.25) is 0 Å². The van der Waals surface area contributed by atoms with Crippen LogP contribution in [-0.2, 0) is 13.6 Å². The van der Waals surface area contributed by atoms with E-state index in [0.29, 0.717) is 5.56 Å². The largest absolute Gasteiger partial charge is 0.410 e. The van der Waals surface area contributed by atoms with E-state index in [9.17, 15) is 14.9 Å². The van der Waals surface area contributed by atoms with E-state index in [0.717, 1.165) is 33.2 Å². The molecule has 4 rings (SSSR count). The van der Waals surface area contributed by atoms with Gasteiger partial charge in [-0.25, -0.2) is 0 Å². The summed E-state index contributed by atoms with van der Waals surface area (Å²) in [5.74, 6) is -0.597. The van der Waals surface area contributed by atoms with Crippen LogP contribution in [-0.4, -0.2) is 30.3 Å². The number of carbonyl (C=O) groups is 1. The van der Waals surface area contributed by atoms with Crippen molar-refractivity contribution in [1.29, 1.82) is 0 Å². The smallest absolute Gasteiger partial charge is 0.358 e. The monoisotopic (exact) mass is 361 g/mol. The maximum absolute atomic E-state index is 13.1. The molecule has 2 aromatic heterocycles. The minimum Gasteiger partial charge on any atom is -0.358 e. The summed E-state index contributed by atoms with van der Waals surface area (Å²) in [5.41, 5.74) is 3.20. The van der Waals surface area contributed by atoms with E-state index in [1.807, 2.05) is 66.2 Å². The van der Waals surface area contributed by atoms with Crippen LogP contribution in [0.15, 0.2) is 60.8 Å². The summed E-state index contributed by atoms with van der Waals surface area (Å²) in [6.07, 6.45) is 1.04. The molecule has 0 radical (unpaired) electrons. The van der Waals surface area contributed by atoms with E-state index in [-0.39, 0.29) is 18.1 Å². The number of fused-ring (bicyclic) bond motifs is 1. The third-order valence-electron chi connectivity index (χ3n) is 4.43. The number of hydrogen-bond acceptors (Lipinski definition) is 5. The van der Waals surface area contributed by atoms with Crippen molar-refractivity contribution >= 4 is 22.5 Å². The summed E-state index contributed by atoms with van der Waals surface area (Å²) < 4.78 is 1.98. The second kappa shape index (κ2) is 6.49. The highest BCUT2D eigenvalue weighted by Crippen LogP contribution is 2.33. The van der Waals surface area contributed by atoms with Gasteiger partial charge in [-0.15, -0.1) is 5.10 Å². The minimum absolute atomic E-state index is 0.179. The van der Waals surface area contributed by atoms with Crippen LogP contribution in [0.25, 0.3) is 22.2 Å². The topological polar surface area (TPSA) is 95.8 Å². The van der Waals surface area contributed by atoms with E-state index in [2.05, 4.69) is 10.2 Å². The van der Waals surface area contributed by atoms with Gasteiger partial charge in [0.05, 0.1) is 16.4 Å². The molecule has 0 N–H and O–H groups in total. The van der Waals surface area contributed by atoms with Crippen LogP contribution >= 0.6 is 0 Å². The predicted octanol–water partition coefficient (Wildman–Crippen LogP) is 3.23. The number of aromatic nitrogens is 4. The summed E-state index contributed by atoms with van der Waals surface area (Å²) in [6.45, 7) is -0.179. The van der Waals surface area contributed by atoms with Crippen molar-refractivity contribution in [3.8, 4) is 11.3 Å². The molecule has 8 heteroatoms. The molecule has 8 nitrogen and oxygen atoms in total. The van der Waals surface area contributed by atoms with Crippen molar-refractivity contribution in [3.63, 3.8) is 0 Å². The van der Waals surface area contributed by atoms with Gasteiger partial charge < -0.3 is 14.7 Å². The third kappa shape index (κ3) is 2.86. The number of benzene rings is 2. The molecule has 0 unspecified atom stereocenters. The Morgan fingerprint density at radius 1 is 1.11 bits per heavy atom. The molecule has 0 aliphatic rings. The molecule has 0 saturated heterocycles. The molecular weight excluding hydrogens is 346 g/mol. The Morgan fingerprint density at radius 3 is 2.52 bits per heavy atom. The van der Waals surface area contributed by atoms with Crippen LogP contribution < -0.4 is 0 Å². The maximum atomic E-state index is 13.1. The molecule has 4 aromatic rings. The lowest BCUT2D eigenvalue weighted by Crippen LogP contribution is -2.14. The molecule has 2 aromatic carbocycles. The zero-order chi connectivity index (χ0) is 19.0. The van der Waals surface area contributed by atoms with Gasteiger partial charge in [-0.3, -0.25) is 4.79 Å². The first-order chi connectivity index (χ1) is 13.1. The molecule has 0 spiro atoms. The highest BCUT2D eigenvalue weighted by molar-refractivity contribution is 6.13. The van der Waals surface area contributed by atoms with E-state index in [1.165, 1.54) is 0 Å². The Kier molecular flexibility index (Phi) is 4.00. The Morgan fingerprint density at radius 2 is 1.81 bits per heavy atom. The standard InChI is InChI=1S/C19H15N5O3/c1-22-15-10-6-5-9-14(15)18(19(22)13-7-3-2-4-8-13)16(25)12-23-20-11-17(21-23)24(26)27/h2-11H,12H2,1H3. The lowest BCUT2D eigenvalue weighted by molar-refractivity contribution is -0.389. The summed E-state index contributed by atoms with van der Waals surface area (Å²) in [7, 11) is 1.92. The maximum Gasteiger partial charge on any atom is 0.410 e. The van der Waals surface area contributed by atoms with Gasteiger partial charge >= 0.3 is 5.82 Å². The molecule has 0 saturated carbocycles. The molecule has 0 aliphatic carbocycles. The molecular formula is C19H15N5O3. The second-order valence-electron chi connectivity index (χ2n) is 6.08. The normalized spacial score (nSPS) is 11.0. The third-order valence-corrected chi connectivity index (χ3v) is 4.43. The first-order valence-electron chi connectivity index (χ1n) is 8.27. The number of ketones is 1. The lowest BCUT2D eigenvalue weighted by Gasteiger charge is -2.07. The molecule has 134 valence electrons. The van der Waals surface area contributed by atoms with Crippen molar-refractivity contribution in [2.45, 2.75) is 6.54 Å². The fourth-order valence-corrected chi connectivity index (χ4v) is 3.27. The quantitative estimate of drug-likeness (QED) is 0.309. The Balaban J connectivity index is 1.84. The predicted molar refractivity (Wildman–Crippen MR) is 99.4 cm³/mol. The number of rotatable bonds is 5. The van der Waals surface area contributed by atoms with E-state index >= 15 is 0 Å². The van der Waals surface area contributed by atoms with Gasteiger partial charge in [0, 0.05) is 18.0 Å². The van der Waals surface area contributed by atoms with Gasteiger partial charge in [0.15, 0.2) is 12.0 Å². The van der Waals surface area contributed by atoms with Crippen molar-refractivity contribution in [2.75, 3.05) is 0 Å². The summed E-state index contributed by atoms with van der Waals surface area (Å²) in [5, 5.41) is 19.2. The number of aryl methyl sites for hydroxylation is 1. The lowest BCUT2D eigenvalue weighted by atomic mass is 10.0. The first-order valence-corrected chi connectivity index (χ1v) is 8.27. The molecule has 0 fully saturated rings. The van der Waals surface area contributed by atoms with Gasteiger partial charge in [-0.1, -0.05) is 53.3 Å². The van der Waals surface area contributed by atoms with E-state index in [4.69, 9.17) is 0 Å². The Labute approximate surface area is 153 Å². The van der Waals surface area contributed by atoms with Gasteiger partial charge in [-0.05, 0) is 16.6 Å². The summed E-state index contributed by atoms with van der Waals surface area (Å²) in [6, 6.07) is 17.3. The van der Waals surface area contributed by atoms with Crippen molar-refractivity contribution < 1.29 is 9.72 Å². The van der Waals surface area contributed by atoms with Crippen molar-refractivity contribution in [3.05, 3.63) is 76.5 Å². The van der Waals surface area contributed by atoms with Crippen molar-refractivity contribution in [1.82, 2.24) is 19.6 Å². The SMILES string of the molecule is Cn1c(-c2ccccc2)c(C(=O)Cn2ncc([N+](=O)[O-])n2)c2ccccc21. The number of nitro groups is 1. The number of Topliss-reactive ketones (excluding diaryl/α,β-unsaturated/α-hetero) is 1. The van der Waals surface area contributed by atoms with Crippen LogP contribution in [0.4, 0.5) is 5.82 Å².